The summed E-state index contributed by atoms with van der Waals surface area (Å²) < 4.78 is 5.39. The van der Waals surface area contributed by atoms with Crippen LogP contribution < -0.4 is 5.32 Å². The first kappa shape index (κ1) is 23.3. The minimum atomic E-state index is 0. The van der Waals surface area contributed by atoms with Gasteiger partial charge in [0.1, 0.15) is 0 Å². The third kappa shape index (κ3) is 6.49. The topological polar surface area (TPSA) is 79.4 Å². The van der Waals surface area contributed by atoms with Crippen LogP contribution in [0.4, 0.5) is 0 Å². The molecular weight excluding hydrogens is 499 g/mol. The van der Waals surface area contributed by atoms with E-state index >= 15 is 0 Å². The Balaban J connectivity index is 0.00000300. The van der Waals surface area contributed by atoms with Gasteiger partial charge in [-0.05, 0) is 31.0 Å². The largest absolute Gasteiger partial charge is 0.352 e. The number of rotatable bonds is 7. The van der Waals surface area contributed by atoms with E-state index in [1.807, 2.05) is 26.1 Å². The third-order valence-corrected chi connectivity index (χ3v) is 5.03. The molecule has 2 aromatic heterocycles. The zero-order valence-corrected chi connectivity index (χ0v) is 20.3. The number of aryl methyl sites for hydroxylation is 2. The number of benzene rings is 1. The summed E-state index contributed by atoms with van der Waals surface area (Å²) in [5, 5.41) is 10.6. The smallest absolute Gasteiger partial charge is 0.257 e. The zero-order valence-electron chi connectivity index (χ0n) is 17.2. The standard InChI is InChI=1S/C20H26N6OS.HI/c1-5-7-18-24-19(27-25-18)16-9-6-8-15(10-16)11-22-20(21-3)26(4)12-17-13-28-14(2)23-17;/h6,8-10,13H,5,7,11-12H2,1-4H3,(H,21,22);1H. The molecule has 0 saturated carbocycles. The minimum Gasteiger partial charge on any atom is -0.352 e. The summed E-state index contributed by atoms with van der Waals surface area (Å²) in [6, 6.07) is 8.11. The summed E-state index contributed by atoms with van der Waals surface area (Å²) in [4.78, 5) is 15.4. The van der Waals surface area contributed by atoms with E-state index in [1.54, 1.807) is 18.4 Å². The molecule has 0 fully saturated rings. The molecular formula is C20H27IN6OS. The maximum Gasteiger partial charge on any atom is 0.257 e. The second-order valence-corrected chi connectivity index (χ2v) is 7.64. The third-order valence-electron chi connectivity index (χ3n) is 4.21. The summed E-state index contributed by atoms with van der Waals surface area (Å²) >= 11 is 1.66. The van der Waals surface area contributed by atoms with Gasteiger partial charge in [0.05, 0.1) is 17.2 Å². The Hall–Kier alpha value is -2.01. The first-order valence-electron chi connectivity index (χ1n) is 9.33. The molecule has 0 aliphatic heterocycles. The lowest BCUT2D eigenvalue weighted by Crippen LogP contribution is -2.38. The molecule has 7 nitrogen and oxygen atoms in total. The number of nitrogens with one attached hydrogen (secondary N) is 1. The molecule has 0 amide bonds. The molecule has 0 spiro atoms. The molecule has 0 saturated heterocycles. The normalized spacial score (nSPS) is 11.2. The second kappa shape index (κ2) is 11.2. The molecule has 3 rings (SSSR count). The van der Waals surface area contributed by atoms with Crippen LogP contribution in [0.5, 0.6) is 0 Å². The molecule has 0 radical (unpaired) electrons. The van der Waals surface area contributed by atoms with E-state index in [2.05, 4.69) is 54.8 Å². The molecule has 0 bridgehead atoms. The fourth-order valence-electron chi connectivity index (χ4n) is 2.88. The average Bonchev–Trinajstić information content (AvgIpc) is 3.32. The van der Waals surface area contributed by atoms with Gasteiger partial charge in [0, 0.05) is 38.0 Å². The maximum atomic E-state index is 5.39. The van der Waals surface area contributed by atoms with Crippen molar-refractivity contribution in [2.45, 2.75) is 39.8 Å². The van der Waals surface area contributed by atoms with Crippen molar-refractivity contribution in [1.82, 2.24) is 25.3 Å². The van der Waals surface area contributed by atoms with Crippen LogP contribution in [0.25, 0.3) is 11.5 Å². The van der Waals surface area contributed by atoms with Crippen molar-refractivity contribution in [3.8, 4) is 11.5 Å². The lowest BCUT2D eigenvalue weighted by molar-refractivity contribution is 0.422. The van der Waals surface area contributed by atoms with Crippen molar-refractivity contribution in [2.75, 3.05) is 14.1 Å². The highest BCUT2D eigenvalue weighted by atomic mass is 127. The van der Waals surface area contributed by atoms with Crippen LogP contribution in [0, 0.1) is 6.92 Å². The zero-order chi connectivity index (χ0) is 19.9. The molecule has 0 aliphatic rings. The number of aliphatic imine (C=N–C) groups is 1. The summed E-state index contributed by atoms with van der Waals surface area (Å²) in [5.41, 5.74) is 3.09. The van der Waals surface area contributed by atoms with E-state index in [4.69, 9.17) is 4.52 Å². The number of halogens is 1. The molecule has 29 heavy (non-hydrogen) atoms. The van der Waals surface area contributed by atoms with Gasteiger partial charge in [-0.25, -0.2) is 4.98 Å². The number of thiazole rings is 1. The molecule has 0 unspecified atom stereocenters. The first-order valence-corrected chi connectivity index (χ1v) is 10.2. The number of hydrogen-bond donors (Lipinski definition) is 1. The van der Waals surface area contributed by atoms with Gasteiger partial charge < -0.3 is 14.7 Å². The van der Waals surface area contributed by atoms with E-state index in [-0.39, 0.29) is 24.0 Å². The summed E-state index contributed by atoms with van der Waals surface area (Å²) in [6.07, 6.45) is 1.82. The van der Waals surface area contributed by atoms with Crippen LogP contribution in [0.15, 0.2) is 39.2 Å². The molecule has 1 N–H and O–H groups in total. The van der Waals surface area contributed by atoms with Crippen molar-refractivity contribution < 1.29 is 4.52 Å². The van der Waals surface area contributed by atoms with Crippen LogP contribution in [0.3, 0.4) is 0 Å². The molecule has 9 heteroatoms. The molecule has 2 heterocycles. The van der Waals surface area contributed by atoms with Crippen LogP contribution in [0.1, 0.15) is 35.4 Å². The Bertz CT molecular complexity index is 938. The van der Waals surface area contributed by atoms with Crippen LogP contribution in [0.2, 0.25) is 0 Å². The van der Waals surface area contributed by atoms with Crippen LogP contribution in [-0.2, 0) is 19.5 Å². The number of nitrogens with zero attached hydrogens (tertiary/aromatic N) is 5. The van der Waals surface area contributed by atoms with Gasteiger partial charge in [0.15, 0.2) is 11.8 Å². The molecule has 0 atom stereocenters. The Labute approximate surface area is 192 Å². The Morgan fingerprint density at radius 1 is 1.31 bits per heavy atom. The SMILES string of the molecule is CCCc1noc(-c2cccc(CNC(=NC)N(C)Cc3csc(C)n3)c2)n1.I. The van der Waals surface area contributed by atoms with Gasteiger partial charge in [-0.1, -0.05) is 24.2 Å². The van der Waals surface area contributed by atoms with Crippen molar-refractivity contribution in [3.63, 3.8) is 0 Å². The lowest BCUT2D eigenvalue weighted by Gasteiger charge is -2.21. The Morgan fingerprint density at radius 2 is 2.14 bits per heavy atom. The summed E-state index contributed by atoms with van der Waals surface area (Å²) in [5.74, 6) is 2.13. The predicted molar refractivity (Wildman–Crippen MR) is 128 cm³/mol. The van der Waals surface area contributed by atoms with E-state index in [9.17, 15) is 0 Å². The van der Waals surface area contributed by atoms with Gasteiger partial charge in [0.25, 0.3) is 5.89 Å². The lowest BCUT2D eigenvalue weighted by atomic mass is 10.1. The summed E-state index contributed by atoms with van der Waals surface area (Å²) in [7, 11) is 3.80. The van der Waals surface area contributed by atoms with Gasteiger partial charge in [-0.3, -0.25) is 4.99 Å². The molecule has 1 aromatic carbocycles. The predicted octanol–water partition coefficient (Wildman–Crippen LogP) is 4.28. The molecule has 0 aliphatic carbocycles. The van der Waals surface area contributed by atoms with Gasteiger partial charge in [-0.2, -0.15) is 4.98 Å². The fourth-order valence-corrected chi connectivity index (χ4v) is 3.48. The average molecular weight is 526 g/mol. The highest BCUT2D eigenvalue weighted by Gasteiger charge is 2.11. The van der Waals surface area contributed by atoms with Crippen molar-refractivity contribution in [2.24, 2.45) is 4.99 Å². The van der Waals surface area contributed by atoms with Gasteiger partial charge in [-0.15, -0.1) is 35.3 Å². The van der Waals surface area contributed by atoms with E-state index in [0.29, 0.717) is 19.0 Å². The Kier molecular flexibility index (Phi) is 9.02. The van der Waals surface area contributed by atoms with Crippen molar-refractivity contribution >= 4 is 41.3 Å². The van der Waals surface area contributed by atoms with Gasteiger partial charge >= 0.3 is 0 Å². The molecule has 156 valence electrons. The number of guanidine groups is 1. The minimum absolute atomic E-state index is 0. The molecule has 3 aromatic rings. The number of aromatic nitrogens is 3. The van der Waals surface area contributed by atoms with E-state index < -0.39 is 0 Å². The highest BCUT2D eigenvalue weighted by Crippen LogP contribution is 2.19. The maximum absolute atomic E-state index is 5.39. The summed E-state index contributed by atoms with van der Waals surface area (Å²) in [6.45, 7) is 5.48. The fraction of sp³-hybridized carbons (Fsp3) is 0.400. The van der Waals surface area contributed by atoms with Gasteiger partial charge in [0.2, 0.25) is 0 Å². The Morgan fingerprint density at radius 3 is 2.83 bits per heavy atom. The first-order chi connectivity index (χ1) is 13.6. The van der Waals surface area contributed by atoms with Crippen molar-refractivity contribution in [1.29, 1.82) is 0 Å². The monoisotopic (exact) mass is 526 g/mol. The van der Waals surface area contributed by atoms with Crippen LogP contribution >= 0.6 is 35.3 Å². The van der Waals surface area contributed by atoms with Crippen molar-refractivity contribution in [3.05, 3.63) is 51.7 Å². The second-order valence-electron chi connectivity index (χ2n) is 6.58. The van der Waals surface area contributed by atoms with Crippen LogP contribution in [-0.4, -0.2) is 40.1 Å². The van der Waals surface area contributed by atoms with E-state index in [1.165, 1.54) is 0 Å². The number of hydrogen-bond acceptors (Lipinski definition) is 6. The highest BCUT2D eigenvalue weighted by molar-refractivity contribution is 14.0. The van der Waals surface area contributed by atoms with E-state index in [0.717, 1.165) is 46.5 Å². The quantitative estimate of drug-likeness (QED) is 0.281.